The number of ketones is 1. The molecule has 0 bridgehead atoms. The molecule has 1 aromatic carbocycles. The number of benzene rings is 1. The molecule has 0 radical (unpaired) electrons. The van der Waals surface area contributed by atoms with Crippen molar-refractivity contribution in [2.24, 2.45) is 5.92 Å². The highest BCUT2D eigenvalue weighted by Crippen LogP contribution is 2.22. The van der Waals surface area contributed by atoms with Crippen molar-refractivity contribution >= 4 is 21.7 Å². The molecule has 1 unspecified atom stereocenters. The summed E-state index contributed by atoms with van der Waals surface area (Å²) in [6.45, 7) is 1.82. The van der Waals surface area contributed by atoms with Gasteiger partial charge in [-0.05, 0) is 53.5 Å². The summed E-state index contributed by atoms with van der Waals surface area (Å²) in [4.78, 5) is 11.9. The lowest BCUT2D eigenvalue weighted by Crippen LogP contribution is -2.13. The molecule has 1 atom stereocenters. The first-order chi connectivity index (χ1) is 7.68. The standard InChI is InChI=1S/C12H13BrFNO/c13-10-3-1-2-9(12(10)14)11(16)6-8-4-5-15-7-8/h1-3,8,15H,4-7H2. The van der Waals surface area contributed by atoms with Gasteiger partial charge in [-0.1, -0.05) is 6.07 Å². The summed E-state index contributed by atoms with van der Waals surface area (Å²) in [5.41, 5.74) is 0.196. The highest BCUT2D eigenvalue weighted by atomic mass is 79.9. The fourth-order valence-corrected chi connectivity index (χ4v) is 2.35. The van der Waals surface area contributed by atoms with E-state index in [4.69, 9.17) is 0 Å². The molecule has 1 aromatic rings. The number of carbonyl (C=O) groups excluding carboxylic acids is 1. The Kier molecular flexibility index (Phi) is 3.71. The fourth-order valence-electron chi connectivity index (χ4n) is 1.98. The van der Waals surface area contributed by atoms with Crippen molar-refractivity contribution in [3.05, 3.63) is 34.1 Å². The Labute approximate surface area is 102 Å². The zero-order valence-corrected chi connectivity index (χ0v) is 10.4. The number of halogens is 2. The van der Waals surface area contributed by atoms with E-state index in [1.54, 1.807) is 18.2 Å². The van der Waals surface area contributed by atoms with Gasteiger partial charge in [0.15, 0.2) is 5.78 Å². The predicted octanol–water partition coefficient (Wildman–Crippen LogP) is 2.77. The van der Waals surface area contributed by atoms with Crippen molar-refractivity contribution in [3.63, 3.8) is 0 Å². The Morgan fingerprint density at radius 1 is 1.56 bits per heavy atom. The van der Waals surface area contributed by atoms with Crippen molar-refractivity contribution in [2.75, 3.05) is 13.1 Å². The molecule has 0 amide bonds. The first-order valence-electron chi connectivity index (χ1n) is 5.36. The summed E-state index contributed by atoms with van der Waals surface area (Å²) in [6.07, 6.45) is 1.43. The van der Waals surface area contributed by atoms with Crippen LogP contribution in [-0.2, 0) is 0 Å². The molecular weight excluding hydrogens is 273 g/mol. The van der Waals surface area contributed by atoms with Crippen LogP contribution in [0.5, 0.6) is 0 Å². The van der Waals surface area contributed by atoms with Gasteiger partial charge >= 0.3 is 0 Å². The molecule has 4 heteroatoms. The van der Waals surface area contributed by atoms with Crippen molar-refractivity contribution in [1.82, 2.24) is 5.32 Å². The third-order valence-corrected chi connectivity index (χ3v) is 3.50. The van der Waals surface area contributed by atoms with E-state index in [0.29, 0.717) is 16.8 Å². The number of hydrogen-bond donors (Lipinski definition) is 1. The summed E-state index contributed by atoms with van der Waals surface area (Å²) in [7, 11) is 0. The summed E-state index contributed by atoms with van der Waals surface area (Å²) < 4.78 is 14.0. The van der Waals surface area contributed by atoms with Crippen LogP contribution < -0.4 is 5.32 Å². The molecule has 16 heavy (non-hydrogen) atoms. The zero-order valence-electron chi connectivity index (χ0n) is 8.80. The lowest BCUT2D eigenvalue weighted by molar-refractivity contribution is 0.0960. The fraction of sp³-hybridized carbons (Fsp3) is 0.417. The van der Waals surface area contributed by atoms with Crippen LogP contribution in [0.1, 0.15) is 23.2 Å². The Balaban J connectivity index is 2.11. The maximum absolute atomic E-state index is 13.6. The molecule has 2 nitrogen and oxygen atoms in total. The minimum atomic E-state index is -0.446. The van der Waals surface area contributed by atoms with Crippen molar-refractivity contribution < 1.29 is 9.18 Å². The van der Waals surface area contributed by atoms with Crippen LogP contribution in [-0.4, -0.2) is 18.9 Å². The number of nitrogens with one attached hydrogen (secondary N) is 1. The van der Waals surface area contributed by atoms with E-state index < -0.39 is 5.82 Å². The number of hydrogen-bond acceptors (Lipinski definition) is 2. The maximum atomic E-state index is 13.6. The third kappa shape index (κ3) is 2.50. The quantitative estimate of drug-likeness (QED) is 0.866. The highest BCUT2D eigenvalue weighted by molar-refractivity contribution is 9.10. The molecule has 86 valence electrons. The maximum Gasteiger partial charge on any atom is 0.166 e. The summed E-state index contributed by atoms with van der Waals surface area (Å²) in [5, 5.41) is 3.20. The lowest BCUT2D eigenvalue weighted by Gasteiger charge is -2.08. The van der Waals surface area contributed by atoms with Crippen LogP contribution in [0.3, 0.4) is 0 Å². The molecule has 0 spiro atoms. The van der Waals surface area contributed by atoms with E-state index in [9.17, 15) is 9.18 Å². The molecule has 0 aromatic heterocycles. The molecule has 1 aliphatic heterocycles. The van der Waals surface area contributed by atoms with E-state index in [-0.39, 0.29) is 11.3 Å². The van der Waals surface area contributed by atoms with Crippen LogP contribution in [0, 0.1) is 11.7 Å². The van der Waals surface area contributed by atoms with E-state index in [1.807, 2.05) is 0 Å². The molecule has 1 saturated heterocycles. The minimum Gasteiger partial charge on any atom is -0.316 e. The van der Waals surface area contributed by atoms with Gasteiger partial charge in [0.1, 0.15) is 5.82 Å². The average Bonchev–Trinajstić information content (AvgIpc) is 2.74. The van der Waals surface area contributed by atoms with Crippen LogP contribution in [0.15, 0.2) is 22.7 Å². The second-order valence-corrected chi connectivity index (χ2v) is 4.94. The molecule has 2 rings (SSSR count). The van der Waals surface area contributed by atoms with Gasteiger partial charge in [0.25, 0.3) is 0 Å². The Morgan fingerprint density at radius 3 is 3.06 bits per heavy atom. The van der Waals surface area contributed by atoms with Gasteiger partial charge in [-0.2, -0.15) is 0 Å². The zero-order chi connectivity index (χ0) is 11.5. The second kappa shape index (κ2) is 5.06. The van der Waals surface area contributed by atoms with Crippen molar-refractivity contribution in [2.45, 2.75) is 12.8 Å². The largest absolute Gasteiger partial charge is 0.316 e. The predicted molar refractivity (Wildman–Crippen MR) is 64.0 cm³/mol. The van der Waals surface area contributed by atoms with Crippen LogP contribution in [0.4, 0.5) is 4.39 Å². The molecule has 1 aliphatic rings. The molecule has 0 aliphatic carbocycles. The lowest BCUT2D eigenvalue weighted by atomic mass is 9.97. The van der Waals surface area contributed by atoms with E-state index >= 15 is 0 Å². The number of carbonyl (C=O) groups is 1. The second-order valence-electron chi connectivity index (χ2n) is 4.09. The first-order valence-corrected chi connectivity index (χ1v) is 6.15. The number of Topliss-reactive ketones (excluding diaryl/α,β-unsaturated/α-hetero) is 1. The highest BCUT2D eigenvalue weighted by Gasteiger charge is 2.21. The third-order valence-electron chi connectivity index (χ3n) is 2.89. The first kappa shape index (κ1) is 11.7. The van der Waals surface area contributed by atoms with Crippen molar-refractivity contribution in [3.8, 4) is 0 Å². The van der Waals surface area contributed by atoms with Gasteiger partial charge in [-0.3, -0.25) is 4.79 Å². The Hall–Kier alpha value is -0.740. The summed E-state index contributed by atoms with van der Waals surface area (Å²) in [6, 6.07) is 4.83. The molecule has 1 heterocycles. The van der Waals surface area contributed by atoms with Crippen LogP contribution in [0.2, 0.25) is 0 Å². The minimum absolute atomic E-state index is 0.104. The molecular formula is C12H13BrFNO. The van der Waals surface area contributed by atoms with E-state index in [1.165, 1.54) is 0 Å². The number of rotatable bonds is 3. The summed E-state index contributed by atoms with van der Waals surface area (Å²) in [5.74, 6) is -0.197. The van der Waals surface area contributed by atoms with Gasteiger partial charge in [-0.15, -0.1) is 0 Å². The molecule has 0 saturated carbocycles. The molecule has 1 fully saturated rings. The molecule has 1 N–H and O–H groups in total. The smallest absolute Gasteiger partial charge is 0.166 e. The Bertz CT molecular complexity index is 402. The Morgan fingerprint density at radius 2 is 2.38 bits per heavy atom. The van der Waals surface area contributed by atoms with Gasteiger partial charge in [0.05, 0.1) is 10.0 Å². The van der Waals surface area contributed by atoms with Gasteiger partial charge < -0.3 is 5.32 Å². The van der Waals surface area contributed by atoms with Gasteiger partial charge in [-0.25, -0.2) is 4.39 Å². The normalized spacial score (nSPS) is 20.0. The average molecular weight is 286 g/mol. The van der Waals surface area contributed by atoms with Crippen molar-refractivity contribution in [1.29, 1.82) is 0 Å². The topological polar surface area (TPSA) is 29.1 Å². The SMILES string of the molecule is O=C(CC1CCNC1)c1cccc(Br)c1F. The van der Waals surface area contributed by atoms with E-state index in [0.717, 1.165) is 19.5 Å². The monoisotopic (exact) mass is 285 g/mol. The van der Waals surface area contributed by atoms with Gasteiger partial charge in [0.2, 0.25) is 0 Å². The van der Waals surface area contributed by atoms with Crippen LogP contribution in [0.25, 0.3) is 0 Å². The van der Waals surface area contributed by atoms with Crippen LogP contribution >= 0.6 is 15.9 Å². The summed E-state index contributed by atoms with van der Waals surface area (Å²) >= 11 is 3.09. The van der Waals surface area contributed by atoms with Gasteiger partial charge in [0, 0.05) is 6.42 Å². The van der Waals surface area contributed by atoms with E-state index in [2.05, 4.69) is 21.2 Å².